The first-order chi connectivity index (χ1) is 5.46. The third-order valence-electron chi connectivity index (χ3n) is 1.16. The third kappa shape index (κ3) is 1.75. The van der Waals surface area contributed by atoms with Gasteiger partial charge in [-0.1, -0.05) is 69.6 Å². The van der Waals surface area contributed by atoms with Gasteiger partial charge in [0.15, 0.2) is 0 Å². The molecule has 0 aliphatic heterocycles. The Morgan fingerprint density at radius 3 is 0.500 bits per heavy atom. The maximum absolute atomic E-state index is 5.67. The molecule has 0 bridgehead atoms. The van der Waals surface area contributed by atoms with E-state index in [2.05, 4.69) is 0 Å². The Morgan fingerprint density at radius 1 is 0.333 bits per heavy atom. The van der Waals surface area contributed by atoms with Crippen LogP contribution in [0.5, 0.6) is 0 Å². The van der Waals surface area contributed by atoms with E-state index < -0.39 is 0 Å². The van der Waals surface area contributed by atoms with Crippen LogP contribution in [0, 0.1) is 0 Å². The maximum atomic E-state index is 5.67. The van der Waals surface area contributed by atoms with Crippen molar-refractivity contribution in [1.82, 2.24) is 0 Å². The van der Waals surface area contributed by atoms with Crippen LogP contribution in [0.25, 0.3) is 0 Å². The van der Waals surface area contributed by atoms with Gasteiger partial charge < -0.3 is 0 Å². The summed E-state index contributed by atoms with van der Waals surface area (Å²) >= 11 is 34.0. The molecule has 0 N–H and O–H groups in total. The smallest absolute Gasteiger partial charge is 0.0810 e. The molecule has 0 aliphatic rings. The van der Waals surface area contributed by atoms with Gasteiger partial charge in [-0.15, -0.1) is 0 Å². The Kier molecular flexibility index (Phi) is 3.68. The molecular weight excluding hydrogens is 291 g/mol. The minimum absolute atomic E-state index is 0.109. The normalized spacial score (nSPS) is 10.5. The van der Waals surface area contributed by atoms with E-state index in [1.54, 1.807) is 0 Å². The van der Waals surface area contributed by atoms with Crippen molar-refractivity contribution >= 4 is 69.6 Å². The Morgan fingerprint density at radius 2 is 0.417 bits per heavy atom. The van der Waals surface area contributed by atoms with Crippen molar-refractivity contribution in [3.05, 3.63) is 30.1 Å². The van der Waals surface area contributed by atoms with Crippen LogP contribution in [-0.2, 0) is 0 Å². The molecule has 66 valence electrons. The maximum Gasteiger partial charge on any atom is 0.0810 e. The second kappa shape index (κ2) is 4.00. The summed E-state index contributed by atoms with van der Waals surface area (Å²) in [5.41, 5.74) is 0. The van der Waals surface area contributed by atoms with Crippen LogP contribution in [0.2, 0.25) is 30.1 Å². The lowest BCUT2D eigenvalue weighted by Gasteiger charge is -2.06. The molecule has 0 aliphatic carbocycles. The van der Waals surface area contributed by atoms with Crippen molar-refractivity contribution in [2.24, 2.45) is 0 Å². The van der Waals surface area contributed by atoms with E-state index in [0.29, 0.717) is 0 Å². The summed E-state index contributed by atoms with van der Waals surface area (Å²) in [6.45, 7) is 0. The molecule has 0 saturated heterocycles. The number of rotatable bonds is 0. The van der Waals surface area contributed by atoms with Gasteiger partial charge in [0.1, 0.15) is 0 Å². The fraction of sp³-hybridized carbons (Fsp3) is 0. The molecule has 0 fully saturated rings. The minimum atomic E-state index is 0.109. The second-order valence-electron chi connectivity index (χ2n) is 1.88. The van der Waals surface area contributed by atoms with Gasteiger partial charge in [-0.25, -0.2) is 0 Å². The largest absolute Gasteiger partial charge is 0.0810 e. The van der Waals surface area contributed by atoms with E-state index in [9.17, 15) is 0 Å². The molecule has 0 radical (unpaired) electrons. The number of benzene rings is 1. The summed E-state index contributed by atoms with van der Waals surface area (Å²) in [6, 6.07) is 0. The highest BCUT2D eigenvalue weighted by Crippen LogP contribution is 2.45. The highest BCUT2D eigenvalue weighted by Gasteiger charge is 2.17. The van der Waals surface area contributed by atoms with Crippen LogP contribution in [-0.4, -0.2) is 0 Å². The lowest BCUT2D eigenvalue weighted by atomic mass is 11.3. The minimum Gasteiger partial charge on any atom is -0.0810 e. The Bertz CT molecular complexity index is 226. The highest BCUT2D eigenvalue weighted by molar-refractivity contribution is 6.59. The monoisotopic (exact) mass is 288 g/mol. The highest BCUT2D eigenvalue weighted by atomic mass is 35.5. The van der Waals surface area contributed by atoms with E-state index in [1.807, 2.05) is 0 Å². The quantitative estimate of drug-likeness (QED) is 0.430. The first-order valence-corrected chi connectivity index (χ1v) is 4.90. The Balaban J connectivity index is 3.60. The van der Waals surface area contributed by atoms with Crippen LogP contribution in [0.3, 0.4) is 0 Å². The zero-order valence-corrected chi connectivity index (χ0v) is 9.80. The molecule has 0 atom stereocenters. The second-order valence-corrected chi connectivity index (χ2v) is 4.15. The predicted octanol–water partition coefficient (Wildman–Crippen LogP) is 5.61. The van der Waals surface area contributed by atoms with Crippen molar-refractivity contribution < 1.29 is 0 Å². The molecule has 0 nitrogen and oxygen atoms in total. The summed E-state index contributed by atoms with van der Waals surface area (Å²) in [6.07, 6.45) is 0. The zero-order valence-electron chi connectivity index (χ0n) is 5.27. The zero-order chi connectivity index (χ0) is 9.46. The van der Waals surface area contributed by atoms with E-state index >= 15 is 0 Å². The van der Waals surface area contributed by atoms with Gasteiger partial charge in [-0.2, -0.15) is 0 Å². The summed E-state index contributed by atoms with van der Waals surface area (Å²) in [4.78, 5) is 0. The molecule has 1 rings (SSSR count). The van der Waals surface area contributed by atoms with Gasteiger partial charge >= 0.3 is 0 Å². The van der Waals surface area contributed by atoms with Gasteiger partial charge in [0.25, 0.3) is 0 Å². The predicted molar refractivity (Wildman–Crippen MR) is 56.5 cm³/mol. The summed E-state index contributed by atoms with van der Waals surface area (Å²) < 4.78 is 0. The average molecular weight is 291 g/mol. The number of hydrogen-bond acceptors (Lipinski definition) is 0. The Hall–Kier alpha value is 0.960. The van der Waals surface area contributed by atoms with Crippen molar-refractivity contribution in [3.63, 3.8) is 0 Å². The first kappa shape index (κ1) is 11.0. The number of hydrogen-bond donors (Lipinski definition) is 0. The fourth-order valence-corrected chi connectivity index (χ4v) is 2.00. The molecule has 1 aromatic carbocycles. The van der Waals surface area contributed by atoms with Crippen LogP contribution >= 0.6 is 69.6 Å². The van der Waals surface area contributed by atoms with Crippen LogP contribution in [0.4, 0.5) is 0 Å². The fourth-order valence-electron chi connectivity index (χ4n) is 0.578. The van der Waals surface area contributed by atoms with Gasteiger partial charge in [0, 0.05) is 0 Å². The van der Waals surface area contributed by atoms with Crippen LogP contribution in [0.1, 0.15) is 0 Å². The van der Waals surface area contributed by atoms with Gasteiger partial charge in [0.05, 0.1) is 30.1 Å². The SMILES string of the molecule is Cl[13c]1[13c](Cl)[13c](Cl)[13c](Cl)[13c](Cl)[13c]1Cl. The molecule has 6 heteroatoms. The standard InChI is InChI=1S/C6Cl6/c7-1-2(8)4(10)6(12)5(11)3(1)9/i1+1,2+1,3+1,4+1,5+1,6+1. The third-order valence-corrected chi connectivity index (χ3v) is 4.00. The Labute approximate surface area is 99.3 Å². The van der Waals surface area contributed by atoms with Crippen LogP contribution < -0.4 is 0 Å². The molecule has 0 amide bonds. The number of halogens is 6. The topological polar surface area (TPSA) is 0 Å². The summed E-state index contributed by atoms with van der Waals surface area (Å²) in [7, 11) is 0. The molecule has 1 aromatic rings. The van der Waals surface area contributed by atoms with Crippen LogP contribution in [0.15, 0.2) is 0 Å². The van der Waals surface area contributed by atoms with E-state index in [4.69, 9.17) is 69.6 Å². The first-order valence-electron chi connectivity index (χ1n) is 2.63. The lowest BCUT2D eigenvalue weighted by Crippen LogP contribution is -1.79. The van der Waals surface area contributed by atoms with E-state index in [-0.39, 0.29) is 30.1 Å². The molecule has 0 saturated carbocycles. The molecule has 0 aromatic heterocycles. The molecule has 0 spiro atoms. The van der Waals surface area contributed by atoms with Gasteiger partial charge in [0.2, 0.25) is 0 Å². The molecular formula is C6Cl6. The van der Waals surface area contributed by atoms with Gasteiger partial charge in [-0.05, 0) is 0 Å². The van der Waals surface area contributed by atoms with E-state index in [0.717, 1.165) is 0 Å². The lowest BCUT2D eigenvalue weighted by molar-refractivity contribution is 1.69. The summed E-state index contributed by atoms with van der Waals surface area (Å²) in [5.74, 6) is 0. The molecule has 0 heterocycles. The van der Waals surface area contributed by atoms with Crippen molar-refractivity contribution in [1.29, 1.82) is 0 Å². The van der Waals surface area contributed by atoms with Crippen molar-refractivity contribution in [2.75, 3.05) is 0 Å². The van der Waals surface area contributed by atoms with Crippen molar-refractivity contribution in [3.8, 4) is 0 Å². The van der Waals surface area contributed by atoms with Crippen molar-refractivity contribution in [2.45, 2.75) is 0 Å². The molecule has 12 heavy (non-hydrogen) atoms. The average Bonchev–Trinajstić information content (AvgIpc) is 2.08. The summed E-state index contributed by atoms with van der Waals surface area (Å²) in [5, 5.41) is 0.654. The van der Waals surface area contributed by atoms with Gasteiger partial charge in [-0.3, -0.25) is 0 Å². The molecule has 0 unspecified atom stereocenters. The van der Waals surface area contributed by atoms with E-state index in [1.165, 1.54) is 0 Å².